The zero-order valence-electron chi connectivity index (χ0n) is 23.5. The highest BCUT2D eigenvalue weighted by atomic mass is 16.5. The van der Waals surface area contributed by atoms with Gasteiger partial charge in [0.1, 0.15) is 5.75 Å². The van der Waals surface area contributed by atoms with Crippen molar-refractivity contribution >= 4 is 11.7 Å². The molecule has 5 atom stereocenters. The molecule has 2 aromatic carbocycles. The molecule has 40 heavy (non-hydrogen) atoms. The van der Waals surface area contributed by atoms with E-state index in [0.29, 0.717) is 39.0 Å². The third-order valence-electron chi connectivity index (χ3n) is 8.05. The van der Waals surface area contributed by atoms with Crippen molar-refractivity contribution in [1.29, 1.82) is 0 Å². The first kappa shape index (κ1) is 29.7. The summed E-state index contributed by atoms with van der Waals surface area (Å²) in [4.78, 5) is 27.7. The molecular formula is C33H42N2O5. The number of aliphatic hydroxyl groups excluding tert-OH is 1. The Kier molecular flexibility index (Phi) is 10.7. The molecule has 0 spiro atoms. The summed E-state index contributed by atoms with van der Waals surface area (Å²) < 4.78 is 11.5. The molecule has 4 rings (SSSR count). The summed E-state index contributed by atoms with van der Waals surface area (Å²) in [5.41, 5.74) is 3.26. The number of hydrogen-bond donors (Lipinski definition) is 2. The monoisotopic (exact) mass is 546 g/mol. The third-order valence-corrected chi connectivity index (χ3v) is 8.05. The molecule has 0 saturated carbocycles. The zero-order valence-corrected chi connectivity index (χ0v) is 23.5. The van der Waals surface area contributed by atoms with Gasteiger partial charge < -0.3 is 24.8 Å². The SMILES string of the molecule is C=CCOC1CC(NC[C@@H](O)[C@@H](CC(=O)C(CC=C)N2CCCC2=O)Cc2ccccc2)c2cc(OC)ccc21. The molecule has 1 amide bonds. The second-order valence-corrected chi connectivity index (χ2v) is 10.7. The number of benzene rings is 2. The van der Waals surface area contributed by atoms with E-state index in [1.807, 2.05) is 48.5 Å². The van der Waals surface area contributed by atoms with Gasteiger partial charge in [0.25, 0.3) is 0 Å². The molecule has 1 aliphatic heterocycles. The highest BCUT2D eigenvalue weighted by Crippen LogP contribution is 2.42. The van der Waals surface area contributed by atoms with E-state index in [-0.39, 0.29) is 36.2 Å². The number of amides is 1. The lowest BCUT2D eigenvalue weighted by molar-refractivity contribution is -0.137. The van der Waals surface area contributed by atoms with Crippen LogP contribution < -0.4 is 10.1 Å². The maximum Gasteiger partial charge on any atom is 0.223 e. The maximum absolute atomic E-state index is 13.6. The van der Waals surface area contributed by atoms with Gasteiger partial charge in [0, 0.05) is 32.0 Å². The lowest BCUT2D eigenvalue weighted by Crippen LogP contribution is -2.44. The lowest BCUT2D eigenvalue weighted by atomic mass is 9.86. The predicted molar refractivity (Wildman–Crippen MR) is 156 cm³/mol. The van der Waals surface area contributed by atoms with Crippen LogP contribution in [0.1, 0.15) is 60.9 Å². The number of likely N-dealkylation sites (tertiary alicyclic amines) is 1. The lowest BCUT2D eigenvalue weighted by Gasteiger charge is -2.30. The van der Waals surface area contributed by atoms with Crippen molar-refractivity contribution in [2.75, 3.05) is 26.8 Å². The first-order valence-corrected chi connectivity index (χ1v) is 14.2. The average molecular weight is 547 g/mol. The summed E-state index contributed by atoms with van der Waals surface area (Å²) in [6.45, 7) is 8.95. The second-order valence-electron chi connectivity index (χ2n) is 10.7. The number of nitrogens with zero attached hydrogens (tertiary/aromatic N) is 1. The van der Waals surface area contributed by atoms with E-state index >= 15 is 0 Å². The number of rotatable bonds is 16. The molecule has 7 nitrogen and oxygen atoms in total. The van der Waals surface area contributed by atoms with Crippen molar-refractivity contribution in [3.05, 3.63) is 90.5 Å². The van der Waals surface area contributed by atoms with Gasteiger partial charge in [-0.15, -0.1) is 13.2 Å². The average Bonchev–Trinajstić information content (AvgIpc) is 3.55. The first-order chi connectivity index (χ1) is 19.4. The van der Waals surface area contributed by atoms with Crippen LogP contribution in [0.5, 0.6) is 5.75 Å². The van der Waals surface area contributed by atoms with Gasteiger partial charge in [0.05, 0.1) is 32.0 Å². The number of aliphatic hydroxyl groups is 1. The van der Waals surface area contributed by atoms with Gasteiger partial charge in [0.15, 0.2) is 5.78 Å². The van der Waals surface area contributed by atoms with Crippen molar-refractivity contribution in [3.63, 3.8) is 0 Å². The molecule has 7 heteroatoms. The fraction of sp³-hybridized carbons (Fsp3) is 0.455. The van der Waals surface area contributed by atoms with Gasteiger partial charge in [-0.05, 0) is 60.4 Å². The standard InChI is InChI=1S/C33H42N2O5/c1-4-10-29(35-16-9-13-33(35)38)30(36)19-24(18-23-11-7-6-8-12-23)31(37)22-34-28-21-32(40-17-5-2)26-15-14-25(39-3)20-27(26)28/h4-8,11-12,14-15,20,24,28-29,31-32,34,37H,1-2,9-10,13,16-19,21-22H2,3H3/t24-,28?,29?,31-,32?/m1/s1. The van der Waals surface area contributed by atoms with Gasteiger partial charge >= 0.3 is 0 Å². The van der Waals surface area contributed by atoms with Crippen LogP contribution in [0.4, 0.5) is 0 Å². The summed E-state index contributed by atoms with van der Waals surface area (Å²) in [7, 11) is 1.65. The van der Waals surface area contributed by atoms with E-state index in [2.05, 4.69) is 18.5 Å². The van der Waals surface area contributed by atoms with Crippen molar-refractivity contribution in [1.82, 2.24) is 10.2 Å². The van der Waals surface area contributed by atoms with E-state index in [4.69, 9.17) is 9.47 Å². The van der Waals surface area contributed by atoms with E-state index in [1.54, 1.807) is 24.2 Å². The molecule has 0 aromatic heterocycles. The minimum atomic E-state index is -0.773. The topological polar surface area (TPSA) is 88.1 Å². The van der Waals surface area contributed by atoms with Crippen LogP contribution in [0.3, 0.4) is 0 Å². The fourth-order valence-corrected chi connectivity index (χ4v) is 5.95. The minimum Gasteiger partial charge on any atom is -0.497 e. The summed E-state index contributed by atoms with van der Waals surface area (Å²) in [6, 6.07) is 15.4. The van der Waals surface area contributed by atoms with Gasteiger partial charge in [-0.3, -0.25) is 9.59 Å². The summed E-state index contributed by atoms with van der Waals surface area (Å²) in [5.74, 6) is 0.453. The number of Topliss-reactive ketones (excluding diaryl/α,β-unsaturated/α-hetero) is 1. The van der Waals surface area contributed by atoms with Crippen molar-refractivity contribution in [2.24, 2.45) is 5.92 Å². The van der Waals surface area contributed by atoms with Crippen LogP contribution >= 0.6 is 0 Å². The fourth-order valence-electron chi connectivity index (χ4n) is 5.95. The largest absolute Gasteiger partial charge is 0.497 e. The van der Waals surface area contributed by atoms with Gasteiger partial charge in [-0.2, -0.15) is 0 Å². The molecule has 214 valence electrons. The van der Waals surface area contributed by atoms with E-state index < -0.39 is 12.1 Å². The first-order valence-electron chi connectivity index (χ1n) is 14.2. The Morgan fingerprint density at radius 3 is 2.65 bits per heavy atom. The molecule has 2 N–H and O–H groups in total. The highest BCUT2D eigenvalue weighted by Gasteiger charge is 2.36. The quantitative estimate of drug-likeness (QED) is 0.296. The molecule has 0 radical (unpaired) electrons. The maximum atomic E-state index is 13.6. The van der Waals surface area contributed by atoms with Crippen LogP contribution in [-0.4, -0.2) is 60.6 Å². The Hall–Kier alpha value is -3.26. The minimum absolute atomic E-state index is 0.0191. The Bertz CT molecular complexity index is 1170. The van der Waals surface area contributed by atoms with Crippen molar-refractivity contribution in [3.8, 4) is 5.75 Å². The summed E-state index contributed by atoms with van der Waals surface area (Å²) in [5, 5.41) is 15.0. The van der Waals surface area contributed by atoms with E-state index in [1.165, 1.54) is 0 Å². The van der Waals surface area contributed by atoms with Crippen LogP contribution in [-0.2, 0) is 20.7 Å². The molecule has 3 unspecified atom stereocenters. The summed E-state index contributed by atoms with van der Waals surface area (Å²) in [6.07, 6.45) is 5.73. The number of ether oxygens (including phenoxy) is 2. The number of methoxy groups -OCH3 is 1. The van der Waals surface area contributed by atoms with Gasteiger partial charge in [0.2, 0.25) is 5.91 Å². The van der Waals surface area contributed by atoms with Crippen LogP contribution in [0, 0.1) is 5.92 Å². The Balaban J connectivity index is 1.49. The predicted octanol–water partition coefficient (Wildman–Crippen LogP) is 4.72. The van der Waals surface area contributed by atoms with Crippen LogP contribution in [0.2, 0.25) is 0 Å². The number of carbonyl (C=O) groups is 2. The highest BCUT2D eigenvalue weighted by molar-refractivity contribution is 5.90. The molecule has 2 aromatic rings. The molecule has 1 heterocycles. The van der Waals surface area contributed by atoms with E-state index in [9.17, 15) is 14.7 Å². The number of fused-ring (bicyclic) bond motifs is 1. The Labute approximate surface area is 237 Å². The van der Waals surface area contributed by atoms with Crippen LogP contribution in [0.25, 0.3) is 0 Å². The molecular weight excluding hydrogens is 504 g/mol. The molecule has 0 bridgehead atoms. The smallest absolute Gasteiger partial charge is 0.223 e. The molecule has 2 aliphatic rings. The Morgan fingerprint density at radius 2 is 1.98 bits per heavy atom. The zero-order chi connectivity index (χ0) is 28.5. The normalized spacial score (nSPS) is 20.6. The summed E-state index contributed by atoms with van der Waals surface area (Å²) >= 11 is 0. The number of hydrogen-bond acceptors (Lipinski definition) is 6. The van der Waals surface area contributed by atoms with E-state index in [0.717, 1.165) is 35.3 Å². The molecule has 1 fully saturated rings. The number of carbonyl (C=O) groups excluding carboxylic acids is 2. The number of nitrogens with one attached hydrogen (secondary N) is 1. The van der Waals surface area contributed by atoms with Crippen molar-refractivity contribution in [2.45, 2.75) is 62.8 Å². The van der Waals surface area contributed by atoms with Gasteiger partial charge in [-0.25, -0.2) is 0 Å². The Morgan fingerprint density at radius 1 is 1.18 bits per heavy atom. The van der Waals surface area contributed by atoms with Crippen LogP contribution in [0.15, 0.2) is 73.8 Å². The third kappa shape index (κ3) is 7.27. The van der Waals surface area contributed by atoms with Crippen molar-refractivity contribution < 1.29 is 24.2 Å². The number of ketones is 1. The second kappa shape index (κ2) is 14.4. The molecule has 1 aliphatic carbocycles. The van der Waals surface area contributed by atoms with Gasteiger partial charge in [-0.1, -0.05) is 48.6 Å². The molecule has 1 saturated heterocycles.